The lowest BCUT2D eigenvalue weighted by atomic mass is 10.1. The standard InChI is InChI=1S/C14H12N2/c15-13-5-3-4-11(8-13)12-9-14-6-1-2-7-16(14)10-12/h1-10H,15H2. The molecule has 0 unspecified atom stereocenters. The fraction of sp³-hybridized carbons (Fsp3) is 0. The number of benzene rings is 1. The van der Waals surface area contributed by atoms with Crippen molar-refractivity contribution in [2.45, 2.75) is 0 Å². The maximum Gasteiger partial charge on any atom is 0.0456 e. The van der Waals surface area contributed by atoms with Crippen LogP contribution in [0.15, 0.2) is 60.9 Å². The van der Waals surface area contributed by atoms with E-state index in [1.165, 1.54) is 11.1 Å². The van der Waals surface area contributed by atoms with Gasteiger partial charge in [0.25, 0.3) is 0 Å². The summed E-state index contributed by atoms with van der Waals surface area (Å²) >= 11 is 0. The van der Waals surface area contributed by atoms with Crippen LogP contribution in [0.2, 0.25) is 0 Å². The number of pyridine rings is 1. The van der Waals surface area contributed by atoms with Gasteiger partial charge >= 0.3 is 0 Å². The van der Waals surface area contributed by atoms with Crippen molar-refractivity contribution in [1.29, 1.82) is 0 Å². The fourth-order valence-corrected chi connectivity index (χ4v) is 1.93. The first-order chi connectivity index (χ1) is 7.83. The van der Waals surface area contributed by atoms with Crippen LogP contribution in [0, 0.1) is 0 Å². The van der Waals surface area contributed by atoms with Gasteiger partial charge in [0.2, 0.25) is 0 Å². The second-order valence-corrected chi connectivity index (χ2v) is 3.89. The van der Waals surface area contributed by atoms with Gasteiger partial charge in [-0.2, -0.15) is 0 Å². The number of fused-ring (bicyclic) bond motifs is 1. The number of hydrogen-bond donors (Lipinski definition) is 1. The van der Waals surface area contributed by atoms with Crippen LogP contribution in [0.25, 0.3) is 16.6 Å². The van der Waals surface area contributed by atoms with Crippen LogP contribution in [0.1, 0.15) is 0 Å². The van der Waals surface area contributed by atoms with Crippen molar-refractivity contribution in [3.8, 4) is 11.1 Å². The molecule has 0 bridgehead atoms. The highest BCUT2D eigenvalue weighted by atomic mass is 14.8. The van der Waals surface area contributed by atoms with Crippen LogP contribution in [-0.4, -0.2) is 4.40 Å². The van der Waals surface area contributed by atoms with Crippen molar-refractivity contribution in [2.24, 2.45) is 0 Å². The number of aromatic nitrogens is 1. The van der Waals surface area contributed by atoms with Gasteiger partial charge in [0.1, 0.15) is 0 Å². The molecule has 0 fully saturated rings. The largest absolute Gasteiger partial charge is 0.399 e. The summed E-state index contributed by atoms with van der Waals surface area (Å²) in [6.07, 6.45) is 4.16. The summed E-state index contributed by atoms with van der Waals surface area (Å²) in [6, 6.07) is 16.3. The van der Waals surface area contributed by atoms with Gasteiger partial charge in [-0.1, -0.05) is 18.2 Å². The molecular formula is C14H12N2. The number of nitrogen functional groups attached to an aromatic ring is 1. The van der Waals surface area contributed by atoms with E-state index in [9.17, 15) is 0 Å². The summed E-state index contributed by atoms with van der Waals surface area (Å²) < 4.78 is 2.11. The Labute approximate surface area is 93.9 Å². The molecule has 0 spiro atoms. The van der Waals surface area contributed by atoms with Gasteiger partial charge < -0.3 is 10.1 Å². The first-order valence-electron chi connectivity index (χ1n) is 5.25. The average Bonchev–Trinajstić information content (AvgIpc) is 2.72. The summed E-state index contributed by atoms with van der Waals surface area (Å²) in [5, 5.41) is 0. The Bertz CT molecular complexity index is 605. The summed E-state index contributed by atoms with van der Waals surface area (Å²) in [4.78, 5) is 0. The Hall–Kier alpha value is -2.22. The molecule has 0 radical (unpaired) electrons. The molecule has 0 aliphatic rings. The molecule has 78 valence electrons. The summed E-state index contributed by atoms with van der Waals surface area (Å²) in [5.74, 6) is 0. The second kappa shape index (κ2) is 3.42. The Kier molecular flexibility index (Phi) is 1.93. The van der Waals surface area contributed by atoms with E-state index >= 15 is 0 Å². The molecule has 0 saturated heterocycles. The number of hydrogen-bond acceptors (Lipinski definition) is 1. The third-order valence-electron chi connectivity index (χ3n) is 2.72. The number of nitrogens with two attached hydrogens (primary N) is 1. The molecule has 2 heteroatoms. The van der Waals surface area contributed by atoms with Crippen molar-refractivity contribution in [1.82, 2.24) is 4.40 Å². The van der Waals surface area contributed by atoms with Crippen molar-refractivity contribution in [2.75, 3.05) is 5.73 Å². The van der Waals surface area contributed by atoms with Crippen LogP contribution < -0.4 is 5.73 Å². The maximum absolute atomic E-state index is 5.78. The van der Waals surface area contributed by atoms with Gasteiger partial charge in [-0.3, -0.25) is 0 Å². The summed E-state index contributed by atoms with van der Waals surface area (Å²) in [7, 11) is 0. The molecule has 3 aromatic rings. The smallest absolute Gasteiger partial charge is 0.0456 e. The Morgan fingerprint density at radius 2 is 1.81 bits per heavy atom. The van der Waals surface area contributed by atoms with Crippen molar-refractivity contribution >= 4 is 11.2 Å². The fourth-order valence-electron chi connectivity index (χ4n) is 1.93. The molecule has 0 amide bonds. The van der Waals surface area contributed by atoms with Crippen molar-refractivity contribution in [3.63, 3.8) is 0 Å². The van der Waals surface area contributed by atoms with Gasteiger partial charge in [-0.05, 0) is 35.9 Å². The zero-order chi connectivity index (χ0) is 11.0. The molecule has 0 saturated carbocycles. The molecule has 1 aromatic carbocycles. The van der Waals surface area contributed by atoms with Crippen molar-refractivity contribution < 1.29 is 0 Å². The SMILES string of the molecule is Nc1cccc(-c2cc3ccccn3c2)c1. The summed E-state index contributed by atoms with van der Waals surface area (Å²) in [6.45, 7) is 0. The predicted octanol–water partition coefficient (Wildman–Crippen LogP) is 3.19. The number of anilines is 1. The van der Waals surface area contributed by atoms with Crippen molar-refractivity contribution in [3.05, 3.63) is 60.9 Å². The zero-order valence-electron chi connectivity index (χ0n) is 8.80. The Morgan fingerprint density at radius 3 is 2.62 bits per heavy atom. The predicted molar refractivity (Wildman–Crippen MR) is 67.2 cm³/mol. The third-order valence-corrected chi connectivity index (χ3v) is 2.72. The van der Waals surface area contributed by atoms with Gasteiger partial charge in [0.05, 0.1) is 0 Å². The first kappa shape index (κ1) is 9.04. The minimum Gasteiger partial charge on any atom is -0.399 e. The lowest BCUT2D eigenvalue weighted by molar-refractivity contribution is 1.20. The molecule has 0 aliphatic carbocycles. The molecule has 2 heterocycles. The van der Waals surface area contributed by atoms with E-state index < -0.39 is 0 Å². The average molecular weight is 208 g/mol. The molecule has 2 N–H and O–H groups in total. The van der Waals surface area contributed by atoms with E-state index in [4.69, 9.17) is 5.73 Å². The van der Waals surface area contributed by atoms with E-state index in [0.29, 0.717) is 0 Å². The van der Waals surface area contributed by atoms with Gasteiger partial charge in [-0.25, -0.2) is 0 Å². The van der Waals surface area contributed by atoms with E-state index in [-0.39, 0.29) is 0 Å². The van der Waals surface area contributed by atoms with E-state index in [0.717, 1.165) is 11.3 Å². The lowest BCUT2D eigenvalue weighted by Crippen LogP contribution is -1.83. The quantitative estimate of drug-likeness (QED) is 0.612. The van der Waals surface area contributed by atoms with Crippen LogP contribution in [0.4, 0.5) is 5.69 Å². The Balaban J connectivity index is 2.19. The van der Waals surface area contributed by atoms with Crippen LogP contribution >= 0.6 is 0 Å². The minimum atomic E-state index is 0.799. The van der Waals surface area contributed by atoms with E-state index in [1.54, 1.807) is 0 Å². The minimum absolute atomic E-state index is 0.799. The molecule has 2 nitrogen and oxygen atoms in total. The number of rotatable bonds is 1. The van der Waals surface area contributed by atoms with Crippen LogP contribution in [0.5, 0.6) is 0 Å². The van der Waals surface area contributed by atoms with Gasteiger partial charge in [-0.15, -0.1) is 0 Å². The molecular weight excluding hydrogens is 196 g/mol. The second-order valence-electron chi connectivity index (χ2n) is 3.89. The summed E-state index contributed by atoms with van der Waals surface area (Å²) in [5.41, 5.74) is 10.1. The highest BCUT2D eigenvalue weighted by Crippen LogP contribution is 2.23. The van der Waals surface area contributed by atoms with Gasteiger partial charge in [0.15, 0.2) is 0 Å². The molecule has 3 rings (SSSR count). The molecule has 16 heavy (non-hydrogen) atoms. The first-order valence-corrected chi connectivity index (χ1v) is 5.25. The topological polar surface area (TPSA) is 30.4 Å². The highest BCUT2D eigenvalue weighted by molar-refractivity contribution is 5.72. The zero-order valence-corrected chi connectivity index (χ0v) is 8.80. The maximum atomic E-state index is 5.78. The van der Waals surface area contributed by atoms with Crippen LogP contribution in [-0.2, 0) is 0 Å². The number of nitrogens with zero attached hydrogens (tertiary/aromatic N) is 1. The molecule has 0 aliphatic heterocycles. The van der Waals surface area contributed by atoms with Crippen LogP contribution in [0.3, 0.4) is 0 Å². The van der Waals surface area contributed by atoms with E-state index in [1.807, 2.05) is 36.5 Å². The molecule has 2 aromatic heterocycles. The molecule has 0 atom stereocenters. The lowest BCUT2D eigenvalue weighted by Gasteiger charge is -1.98. The van der Waals surface area contributed by atoms with Gasteiger partial charge in [0, 0.05) is 29.2 Å². The third kappa shape index (κ3) is 1.44. The highest BCUT2D eigenvalue weighted by Gasteiger charge is 2.01. The van der Waals surface area contributed by atoms with E-state index in [2.05, 4.69) is 28.8 Å². The monoisotopic (exact) mass is 208 g/mol. The Morgan fingerprint density at radius 1 is 0.875 bits per heavy atom. The normalized spacial score (nSPS) is 10.8.